The van der Waals surface area contributed by atoms with Gasteiger partial charge in [0.2, 0.25) is 0 Å². The van der Waals surface area contributed by atoms with Gasteiger partial charge in [-0.1, -0.05) is 36.4 Å². The third-order valence-electron chi connectivity index (χ3n) is 4.35. The number of nitrogens with zero attached hydrogens (tertiary/aromatic N) is 1. The molecule has 0 spiro atoms. The number of methoxy groups -OCH3 is 1. The Bertz CT molecular complexity index is 1050. The number of anilines is 1. The quantitative estimate of drug-likeness (QED) is 0.547. The average molecular weight is 357 g/mol. The van der Waals surface area contributed by atoms with Gasteiger partial charge >= 0.3 is 0 Å². The second-order valence-electron chi connectivity index (χ2n) is 6.23. The van der Waals surface area contributed by atoms with Gasteiger partial charge in [0.1, 0.15) is 5.82 Å². The minimum absolute atomic E-state index is 0.164. The molecule has 3 aromatic carbocycles. The van der Waals surface area contributed by atoms with Gasteiger partial charge in [0.25, 0.3) is 5.91 Å². The molecule has 4 aromatic rings. The highest BCUT2D eigenvalue weighted by atomic mass is 16.5. The zero-order valence-electron chi connectivity index (χ0n) is 14.9. The molecule has 0 radical (unpaired) electrons. The standard InChI is InChI=1S/C22H19N3O2/c1-27-14-15-10-12-16(13-11-15)22(26)25-18-7-3-2-6-17(18)21-23-19-8-4-5-9-20(19)24-21/h2-13H,14H2,1H3,(H,23,24)(H,25,26). The fraction of sp³-hybridized carbons (Fsp3) is 0.0909. The van der Waals surface area contributed by atoms with Crippen LogP contribution in [0.1, 0.15) is 15.9 Å². The lowest BCUT2D eigenvalue weighted by Crippen LogP contribution is -2.12. The van der Waals surface area contributed by atoms with Crippen molar-refractivity contribution in [3.05, 3.63) is 83.9 Å². The van der Waals surface area contributed by atoms with E-state index in [1.54, 1.807) is 19.2 Å². The van der Waals surface area contributed by atoms with Crippen LogP contribution < -0.4 is 5.32 Å². The first-order chi connectivity index (χ1) is 13.2. The highest BCUT2D eigenvalue weighted by molar-refractivity contribution is 6.06. The van der Waals surface area contributed by atoms with Gasteiger partial charge in [-0.25, -0.2) is 4.98 Å². The van der Waals surface area contributed by atoms with E-state index in [2.05, 4.69) is 15.3 Å². The van der Waals surface area contributed by atoms with Crippen molar-refractivity contribution < 1.29 is 9.53 Å². The van der Waals surface area contributed by atoms with Crippen LogP contribution in [0.3, 0.4) is 0 Å². The number of hydrogen-bond acceptors (Lipinski definition) is 3. The molecule has 27 heavy (non-hydrogen) atoms. The molecule has 1 amide bonds. The van der Waals surface area contributed by atoms with E-state index in [1.807, 2.05) is 60.7 Å². The maximum atomic E-state index is 12.7. The number of aromatic nitrogens is 2. The summed E-state index contributed by atoms with van der Waals surface area (Å²) in [6.07, 6.45) is 0. The molecule has 0 unspecified atom stereocenters. The van der Waals surface area contributed by atoms with Crippen molar-refractivity contribution in [2.45, 2.75) is 6.61 Å². The molecule has 0 aliphatic heterocycles. The van der Waals surface area contributed by atoms with Crippen LogP contribution in [0.2, 0.25) is 0 Å². The van der Waals surface area contributed by atoms with E-state index in [0.717, 1.165) is 28.0 Å². The van der Waals surface area contributed by atoms with Crippen LogP contribution in [0.25, 0.3) is 22.4 Å². The second-order valence-corrected chi connectivity index (χ2v) is 6.23. The van der Waals surface area contributed by atoms with E-state index in [4.69, 9.17) is 4.74 Å². The molecular formula is C22H19N3O2. The Morgan fingerprint density at radius 3 is 2.52 bits per heavy atom. The smallest absolute Gasteiger partial charge is 0.255 e. The zero-order valence-corrected chi connectivity index (χ0v) is 14.9. The van der Waals surface area contributed by atoms with Crippen LogP contribution in [0.4, 0.5) is 5.69 Å². The van der Waals surface area contributed by atoms with Gasteiger partial charge in [0.05, 0.1) is 23.3 Å². The third-order valence-corrected chi connectivity index (χ3v) is 4.35. The summed E-state index contributed by atoms with van der Waals surface area (Å²) in [7, 11) is 1.65. The summed E-state index contributed by atoms with van der Waals surface area (Å²) in [6, 6.07) is 22.9. The number of fused-ring (bicyclic) bond motifs is 1. The largest absolute Gasteiger partial charge is 0.380 e. The van der Waals surface area contributed by atoms with Crippen LogP contribution in [-0.4, -0.2) is 23.0 Å². The van der Waals surface area contributed by atoms with Gasteiger partial charge in [-0.2, -0.15) is 0 Å². The SMILES string of the molecule is COCc1ccc(C(=O)Nc2ccccc2-c2nc3ccccc3[nH]2)cc1. The van der Waals surface area contributed by atoms with E-state index in [-0.39, 0.29) is 5.91 Å². The highest BCUT2D eigenvalue weighted by Gasteiger charge is 2.13. The number of H-pyrrole nitrogens is 1. The number of rotatable bonds is 5. The number of nitrogens with one attached hydrogen (secondary N) is 2. The number of carbonyl (C=O) groups excluding carboxylic acids is 1. The topological polar surface area (TPSA) is 67.0 Å². The van der Waals surface area contributed by atoms with Crippen molar-refractivity contribution in [1.82, 2.24) is 9.97 Å². The predicted octanol–water partition coefficient (Wildman–Crippen LogP) is 4.63. The van der Waals surface area contributed by atoms with Crippen LogP contribution in [0.15, 0.2) is 72.8 Å². The summed E-state index contributed by atoms with van der Waals surface area (Å²) in [5.74, 6) is 0.560. The zero-order chi connectivity index (χ0) is 18.6. The number of hydrogen-bond donors (Lipinski definition) is 2. The van der Waals surface area contributed by atoms with Crippen molar-refractivity contribution in [3.8, 4) is 11.4 Å². The molecule has 0 bridgehead atoms. The highest BCUT2D eigenvalue weighted by Crippen LogP contribution is 2.27. The number of carbonyl (C=O) groups is 1. The van der Waals surface area contributed by atoms with Crippen LogP contribution in [0.5, 0.6) is 0 Å². The molecular weight excluding hydrogens is 338 g/mol. The van der Waals surface area contributed by atoms with Crippen LogP contribution in [-0.2, 0) is 11.3 Å². The summed E-state index contributed by atoms with van der Waals surface area (Å²) in [5, 5.41) is 2.99. The molecule has 134 valence electrons. The normalized spacial score (nSPS) is 10.9. The molecule has 5 nitrogen and oxygen atoms in total. The number of benzene rings is 3. The van der Waals surface area contributed by atoms with Crippen molar-refractivity contribution in [1.29, 1.82) is 0 Å². The number of ether oxygens (including phenoxy) is 1. The van der Waals surface area contributed by atoms with E-state index >= 15 is 0 Å². The Morgan fingerprint density at radius 1 is 1.00 bits per heavy atom. The molecule has 1 aromatic heterocycles. The second kappa shape index (κ2) is 7.43. The van der Waals surface area contributed by atoms with Crippen molar-refractivity contribution in [2.24, 2.45) is 0 Å². The first-order valence-electron chi connectivity index (χ1n) is 8.68. The van der Waals surface area contributed by atoms with E-state index in [0.29, 0.717) is 17.9 Å². The average Bonchev–Trinajstić information content (AvgIpc) is 3.13. The first kappa shape index (κ1) is 17.0. The van der Waals surface area contributed by atoms with Gasteiger partial charge in [0.15, 0.2) is 0 Å². The number of para-hydroxylation sites is 3. The lowest BCUT2D eigenvalue weighted by atomic mass is 10.1. The molecule has 0 saturated heterocycles. The molecule has 1 heterocycles. The minimum atomic E-state index is -0.164. The molecule has 4 rings (SSSR count). The molecule has 0 saturated carbocycles. The van der Waals surface area contributed by atoms with Crippen LogP contribution in [0, 0.1) is 0 Å². The Hall–Kier alpha value is -3.44. The third kappa shape index (κ3) is 3.59. The summed E-state index contributed by atoms with van der Waals surface area (Å²) in [4.78, 5) is 20.6. The lowest BCUT2D eigenvalue weighted by Gasteiger charge is -2.10. The lowest BCUT2D eigenvalue weighted by molar-refractivity contribution is 0.102. The first-order valence-corrected chi connectivity index (χ1v) is 8.68. The molecule has 0 fully saturated rings. The Labute approximate surface area is 157 Å². The molecule has 5 heteroatoms. The van der Waals surface area contributed by atoms with Crippen molar-refractivity contribution in [2.75, 3.05) is 12.4 Å². The van der Waals surface area contributed by atoms with E-state index in [9.17, 15) is 4.79 Å². The van der Waals surface area contributed by atoms with Gasteiger partial charge in [-0.15, -0.1) is 0 Å². The summed E-state index contributed by atoms with van der Waals surface area (Å²) in [6.45, 7) is 0.525. The summed E-state index contributed by atoms with van der Waals surface area (Å²) in [5.41, 5.74) is 5.02. The number of amides is 1. The Balaban J connectivity index is 1.62. The summed E-state index contributed by atoms with van der Waals surface area (Å²) >= 11 is 0. The molecule has 2 N–H and O–H groups in total. The maximum Gasteiger partial charge on any atom is 0.255 e. The fourth-order valence-corrected chi connectivity index (χ4v) is 2.99. The number of aromatic amines is 1. The van der Waals surface area contributed by atoms with E-state index in [1.165, 1.54) is 0 Å². The maximum absolute atomic E-state index is 12.7. The summed E-state index contributed by atoms with van der Waals surface area (Å²) < 4.78 is 5.10. The number of imidazole rings is 1. The Morgan fingerprint density at radius 2 is 1.74 bits per heavy atom. The van der Waals surface area contributed by atoms with Gasteiger partial charge < -0.3 is 15.0 Å². The van der Waals surface area contributed by atoms with Gasteiger partial charge in [-0.3, -0.25) is 4.79 Å². The van der Waals surface area contributed by atoms with Gasteiger partial charge in [-0.05, 0) is 42.0 Å². The van der Waals surface area contributed by atoms with Gasteiger partial charge in [0, 0.05) is 18.2 Å². The fourth-order valence-electron chi connectivity index (χ4n) is 2.99. The molecule has 0 aliphatic carbocycles. The van der Waals surface area contributed by atoms with E-state index < -0.39 is 0 Å². The monoisotopic (exact) mass is 357 g/mol. The van der Waals surface area contributed by atoms with Crippen molar-refractivity contribution in [3.63, 3.8) is 0 Å². The van der Waals surface area contributed by atoms with Crippen molar-refractivity contribution >= 4 is 22.6 Å². The predicted molar refractivity (Wildman–Crippen MR) is 107 cm³/mol. The molecule has 0 aliphatic rings. The minimum Gasteiger partial charge on any atom is -0.380 e. The molecule has 0 atom stereocenters. The Kier molecular flexibility index (Phi) is 4.68. The van der Waals surface area contributed by atoms with Crippen LogP contribution >= 0.6 is 0 Å².